The van der Waals surface area contributed by atoms with Gasteiger partial charge < -0.3 is 4.57 Å². The fourth-order valence-electron chi connectivity index (χ4n) is 2.86. The molecule has 0 aromatic carbocycles. The van der Waals surface area contributed by atoms with Crippen LogP contribution < -0.4 is 0 Å². The molecule has 0 amide bonds. The van der Waals surface area contributed by atoms with Gasteiger partial charge in [-0.25, -0.2) is 18.4 Å². The van der Waals surface area contributed by atoms with Gasteiger partial charge in [-0.1, -0.05) is 0 Å². The molecule has 0 aliphatic carbocycles. The molecule has 1 fully saturated rings. The Balaban J connectivity index is 2.20. The zero-order chi connectivity index (χ0) is 14.5. The molecule has 20 heavy (non-hydrogen) atoms. The monoisotopic (exact) mass is 293 g/mol. The molecule has 0 saturated carbocycles. The number of aromatic nitrogens is 3. The fourth-order valence-corrected chi connectivity index (χ4v) is 4.60. The number of pyridine rings is 1. The molecular weight excluding hydrogens is 274 g/mol. The van der Waals surface area contributed by atoms with Crippen LogP contribution in [0, 0.1) is 0 Å². The number of sulfone groups is 1. The molecule has 0 radical (unpaired) electrons. The Hall–Kier alpha value is -1.43. The maximum atomic E-state index is 11.7. The van der Waals surface area contributed by atoms with E-state index in [9.17, 15) is 8.42 Å². The molecular formula is C14H19N3O2S. The summed E-state index contributed by atoms with van der Waals surface area (Å²) in [5.41, 5.74) is 1.49. The van der Waals surface area contributed by atoms with Gasteiger partial charge in [0.25, 0.3) is 0 Å². The Kier molecular flexibility index (Phi) is 2.90. The van der Waals surface area contributed by atoms with Crippen LogP contribution in [0.15, 0.2) is 18.3 Å². The Morgan fingerprint density at radius 2 is 2.10 bits per heavy atom. The summed E-state index contributed by atoms with van der Waals surface area (Å²) in [5, 5.41) is 0. The number of imidazole rings is 1. The van der Waals surface area contributed by atoms with Crippen molar-refractivity contribution in [3.8, 4) is 0 Å². The predicted molar refractivity (Wildman–Crippen MR) is 78.5 cm³/mol. The quantitative estimate of drug-likeness (QED) is 0.807. The highest BCUT2D eigenvalue weighted by atomic mass is 32.2. The Bertz CT molecular complexity index is 756. The van der Waals surface area contributed by atoms with Crippen molar-refractivity contribution in [3.05, 3.63) is 24.2 Å². The van der Waals surface area contributed by atoms with Crippen molar-refractivity contribution >= 4 is 21.0 Å². The average molecular weight is 293 g/mol. The zero-order valence-corrected chi connectivity index (χ0v) is 12.8. The maximum absolute atomic E-state index is 11.7. The summed E-state index contributed by atoms with van der Waals surface area (Å²) >= 11 is 0. The minimum atomic E-state index is -2.92. The highest BCUT2D eigenvalue weighted by Gasteiger charge is 2.35. The van der Waals surface area contributed by atoms with Crippen molar-refractivity contribution in [1.29, 1.82) is 0 Å². The highest BCUT2D eigenvalue weighted by molar-refractivity contribution is 7.91. The van der Waals surface area contributed by atoms with Crippen molar-refractivity contribution in [2.24, 2.45) is 0 Å². The molecule has 0 N–H and O–H groups in total. The molecule has 1 saturated heterocycles. The van der Waals surface area contributed by atoms with E-state index in [-0.39, 0.29) is 23.0 Å². The van der Waals surface area contributed by atoms with Crippen molar-refractivity contribution in [3.63, 3.8) is 0 Å². The summed E-state index contributed by atoms with van der Waals surface area (Å²) < 4.78 is 25.6. The van der Waals surface area contributed by atoms with Crippen LogP contribution >= 0.6 is 0 Å². The van der Waals surface area contributed by atoms with E-state index in [4.69, 9.17) is 0 Å². The number of hydrogen-bond acceptors (Lipinski definition) is 4. The molecule has 3 rings (SSSR count). The lowest BCUT2D eigenvalue weighted by Gasteiger charge is -2.25. The molecule has 2 aromatic rings. The second kappa shape index (κ2) is 4.28. The Morgan fingerprint density at radius 1 is 1.35 bits per heavy atom. The number of nitrogens with zero attached hydrogens (tertiary/aromatic N) is 3. The molecule has 2 aromatic heterocycles. The van der Waals surface area contributed by atoms with E-state index in [0.29, 0.717) is 6.42 Å². The summed E-state index contributed by atoms with van der Waals surface area (Å²) in [5.74, 6) is 1.30. The first kappa shape index (κ1) is 13.5. The minimum absolute atomic E-state index is 0.0200. The van der Waals surface area contributed by atoms with Crippen LogP contribution in [0.25, 0.3) is 11.2 Å². The van der Waals surface area contributed by atoms with E-state index < -0.39 is 9.84 Å². The van der Waals surface area contributed by atoms with Crippen LogP contribution in [0.5, 0.6) is 0 Å². The zero-order valence-electron chi connectivity index (χ0n) is 12.0. The van der Waals surface area contributed by atoms with Crippen LogP contribution in [0.3, 0.4) is 0 Å². The lowest BCUT2D eigenvalue weighted by molar-refractivity contribution is 0.384. The lowest BCUT2D eigenvalue weighted by Crippen LogP contribution is -2.26. The molecule has 0 spiro atoms. The van der Waals surface area contributed by atoms with E-state index in [1.54, 1.807) is 6.20 Å². The van der Waals surface area contributed by atoms with Crippen LogP contribution in [-0.4, -0.2) is 34.5 Å². The molecule has 108 valence electrons. The van der Waals surface area contributed by atoms with E-state index in [1.807, 2.05) is 12.1 Å². The molecule has 1 aliphatic rings. The average Bonchev–Trinajstić information content (AvgIpc) is 2.88. The van der Waals surface area contributed by atoms with Crippen LogP contribution in [0.2, 0.25) is 0 Å². The second-order valence-electron chi connectivity index (χ2n) is 6.42. The first-order valence-corrected chi connectivity index (χ1v) is 8.64. The fraction of sp³-hybridized carbons (Fsp3) is 0.571. The third-order valence-electron chi connectivity index (χ3n) is 3.71. The lowest BCUT2D eigenvalue weighted by atomic mass is 10.0. The Labute approximate surface area is 119 Å². The number of hydrogen-bond donors (Lipinski definition) is 0. The van der Waals surface area contributed by atoms with Crippen molar-refractivity contribution in [2.45, 2.75) is 38.6 Å². The van der Waals surface area contributed by atoms with Gasteiger partial charge in [0.2, 0.25) is 0 Å². The Morgan fingerprint density at radius 3 is 2.70 bits per heavy atom. The predicted octanol–water partition coefficient (Wildman–Crippen LogP) is 2.09. The maximum Gasteiger partial charge on any atom is 0.160 e. The van der Waals surface area contributed by atoms with E-state index in [0.717, 1.165) is 17.0 Å². The smallest absolute Gasteiger partial charge is 0.160 e. The molecule has 1 unspecified atom stereocenters. The molecule has 6 heteroatoms. The summed E-state index contributed by atoms with van der Waals surface area (Å²) in [4.78, 5) is 9.09. The number of rotatable bonds is 1. The van der Waals surface area contributed by atoms with E-state index in [2.05, 4.69) is 35.3 Å². The first-order valence-electron chi connectivity index (χ1n) is 6.82. The summed E-state index contributed by atoms with van der Waals surface area (Å²) in [6, 6.07) is 3.79. The van der Waals surface area contributed by atoms with Crippen molar-refractivity contribution < 1.29 is 8.42 Å². The molecule has 0 bridgehead atoms. The van der Waals surface area contributed by atoms with Crippen molar-refractivity contribution in [1.82, 2.24) is 14.5 Å². The molecule has 1 aliphatic heterocycles. The SMILES string of the molecule is CC(C)(C)n1c(C2CCS(=O)(=O)C2)nc2cccnc21. The molecule has 3 heterocycles. The van der Waals surface area contributed by atoms with Gasteiger partial charge in [-0.15, -0.1) is 0 Å². The van der Waals surface area contributed by atoms with Gasteiger partial charge in [0.05, 0.1) is 11.5 Å². The standard InChI is InChI=1S/C14H19N3O2S/c1-14(2,3)17-12(10-6-8-20(18,19)9-10)16-11-5-4-7-15-13(11)17/h4-5,7,10H,6,8-9H2,1-3H3. The highest BCUT2D eigenvalue weighted by Crippen LogP contribution is 2.33. The second-order valence-corrected chi connectivity index (χ2v) is 8.65. The van der Waals surface area contributed by atoms with Crippen LogP contribution in [0.4, 0.5) is 0 Å². The van der Waals surface area contributed by atoms with Gasteiger partial charge in [0.15, 0.2) is 15.5 Å². The largest absolute Gasteiger partial charge is 0.307 e. The third kappa shape index (κ3) is 2.22. The van der Waals surface area contributed by atoms with Crippen LogP contribution in [0.1, 0.15) is 38.9 Å². The van der Waals surface area contributed by atoms with Gasteiger partial charge in [-0.05, 0) is 39.3 Å². The van der Waals surface area contributed by atoms with Gasteiger partial charge in [-0.3, -0.25) is 0 Å². The third-order valence-corrected chi connectivity index (χ3v) is 5.48. The summed E-state index contributed by atoms with van der Waals surface area (Å²) in [6.45, 7) is 6.28. The van der Waals surface area contributed by atoms with Crippen LogP contribution in [-0.2, 0) is 15.4 Å². The van der Waals surface area contributed by atoms with E-state index in [1.165, 1.54) is 0 Å². The minimum Gasteiger partial charge on any atom is -0.307 e. The van der Waals surface area contributed by atoms with Gasteiger partial charge in [0.1, 0.15) is 11.3 Å². The van der Waals surface area contributed by atoms with E-state index >= 15 is 0 Å². The summed E-state index contributed by atoms with van der Waals surface area (Å²) in [6.07, 6.45) is 2.41. The van der Waals surface area contributed by atoms with Gasteiger partial charge in [0, 0.05) is 17.7 Å². The van der Waals surface area contributed by atoms with Crippen molar-refractivity contribution in [2.75, 3.05) is 11.5 Å². The van der Waals surface area contributed by atoms with Gasteiger partial charge in [-0.2, -0.15) is 0 Å². The topological polar surface area (TPSA) is 64.8 Å². The first-order chi connectivity index (χ1) is 9.28. The molecule has 1 atom stereocenters. The normalized spacial score (nSPS) is 22.4. The number of fused-ring (bicyclic) bond motifs is 1. The molecule has 5 nitrogen and oxygen atoms in total. The summed E-state index contributed by atoms with van der Waals surface area (Å²) in [7, 11) is -2.92. The van der Waals surface area contributed by atoms with Gasteiger partial charge >= 0.3 is 0 Å².